The lowest BCUT2D eigenvalue weighted by molar-refractivity contribution is 0.0528. The van der Waals surface area contributed by atoms with Gasteiger partial charge in [-0.3, -0.25) is 0 Å². The Labute approximate surface area is 128 Å². The lowest BCUT2D eigenvalue weighted by atomic mass is 10.2. The molecule has 0 heterocycles. The van der Waals surface area contributed by atoms with E-state index < -0.39 is 17.5 Å². The Kier molecular flexibility index (Phi) is 6.62. The highest BCUT2D eigenvalue weighted by atomic mass is 19.1. The van der Waals surface area contributed by atoms with Crippen molar-refractivity contribution in [3.05, 3.63) is 40.0 Å². The van der Waals surface area contributed by atoms with E-state index in [-0.39, 0.29) is 5.69 Å². The highest BCUT2D eigenvalue weighted by Gasteiger charge is 2.15. The zero-order valence-electron chi connectivity index (χ0n) is 12.9. The first kappa shape index (κ1) is 17.7. The monoisotopic (exact) mass is 309 g/mol. The smallest absolute Gasteiger partial charge is 0.407 e. The maximum Gasteiger partial charge on any atom is 0.407 e. The first-order valence-electron chi connectivity index (χ1n) is 6.83. The van der Waals surface area contributed by atoms with Crippen LogP contribution in [0.2, 0.25) is 0 Å². The molecule has 0 saturated carbocycles. The number of carbonyl (C=O) groups excluding carboxylic acids is 1. The summed E-state index contributed by atoms with van der Waals surface area (Å²) < 4.78 is 18.6. The number of hydrogen-bond acceptors (Lipinski definition) is 4. The van der Waals surface area contributed by atoms with Gasteiger partial charge in [-0.15, -0.1) is 0 Å². The van der Waals surface area contributed by atoms with Gasteiger partial charge in [-0.2, -0.15) is 0 Å². The molecule has 0 aliphatic heterocycles. The van der Waals surface area contributed by atoms with Crippen molar-refractivity contribution in [1.29, 1.82) is 0 Å². The predicted octanol–water partition coefficient (Wildman–Crippen LogP) is 3.38. The number of carbonyl (C=O) groups is 1. The summed E-state index contributed by atoms with van der Waals surface area (Å²) in [6.07, 6.45) is -0.473. The molecule has 0 spiro atoms. The summed E-state index contributed by atoms with van der Waals surface area (Å²) in [6.45, 7) is 6.72. The Balaban J connectivity index is 2.29. The molecular formula is C14H20FN5O2. The van der Waals surface area contributed by atoms with Crippen LogP contribution in [0.4, 0.5) is 14.9 Å². The molecule has 0 unspecified atom stereocenters. The first-order chi connectivity index (χ1) is 10.3. The second kappa shape index (κ2) is 8.21. The van der Waals surface area contributed by atoms with Crippen LogP contribution in [-0.4, -0.2) is 24.8 Å². The van der Waals surface area contributed by atoms with E-state index in [4.69, 9.17) is 10.3 Å². The van der Waals surface area contributed by atoms with Crippen LogP contribution >= 0.6 is 0 Å². The van der Waals surface area contributed by atoms with Gasteiger partial charge in [0, 0.05) is 24.5 Å². The van der Waals surface area contributed by atoms with Crippen LogP contribution in [0, 0.1) is 5.82 Å². The van der Waals surface area contributed by atoms with Crippen molar-refractivity contribution in [3.63, 3.8) is 0 Å². The topological polar surface area (TPSA) is 99.1 Å². The molecule has 22 heavy (non-hydrogen) atoms. The molecule has 0 saturated heterocycles. The molecule has 1 amide bonds. The van der Waals surface area contributed by atoms with Gasteiger partial charge in [-0.1, -0.05) is 11.2 Å². The van der Waals surface area contributed by atoms with E-state index in [1.165, 1.54) is 12.1 Å². The molecule has 120 valence electrons. The van der Waals surface area contributed by atoms with Crippen molar-refractivity contribution in [1.82, 2.24) is 10.6 Å². The normalized spacial score (nSPS) is 10.7. The number of halogens is 1. The molecule has 0 aliphatic rings. The van der Waals surface area contributed by atoms with Gasteiger partial charge in [0.25, 0.3) is 0 Å². The van der Waals surface area contributed by atoms with E-state index in [0.717, 1.165) is 0 Å². The molecule has 0 aromatic heterocycles. The van der Waals surface area contributed by atoms with Gasteiger partial charge in [0.1, 0.15) is 11.4 Å². The summed E-state index contributed by atoms with van der Waals surface area (Å²) in [5.41, 5.74) is 8.42. The quantitative estimate of drug-likeness (QED) is 0.364. The maximum atomic E-state index is 13.5. The predicted molar refractivity (Wildman–Crippen MR) is 81.1 cm³/mol. The summed E-state index contributed by atoms with van der Waals surface area (Å²) in [5, 5.41) is 8.90. The summed E-state index contributed by atoms with van der Waals surface area (Å²) >= 11 is 0. The third-order valence-corrected chi connectivity index (χ3v) is 2.46. The first-order valence-corrected chi connectivity index (χ1v) is 6.83. The Morgan fingerprint density at radius 3 is 2.73 bits per heavy atom. The Morgan fingerprint density at radius 1 is 1.41 bits per heavy atom. The molecule has 2 N–H and O–H groups in total. The summed E-state index contributed by atoms with van der Waals surface area (Å²) in [5.74, 6) is -0.566. The zero-order valence-corrected chi connectivity index (χ0v) is 12.9. The molecule has 0 atom stereocenters. The average Bonchev–Trinajstić information content (AvgIpc) is 2.39. The van der Waals surface area contributed by atoms with Gasteiger partial charge in [0.05, 0.1) is 5.69 Å². The SMILES string of the molecule is CC(C)(C)OC(=O)NCCNCc1ccc(N=[N+]=[N-])c(F)c1. The minimum Gasteiger partial charge on any atom is -0.444 e. The van der Waals surface area contributed by atoms with Crippen LogP contribution in [0.15, 0.2) is 23.3 Å². The van der Waals surface area contributed by atoms with E-state index in [1.54, 1.807) is 26.8 Å². The standard InChI is InChI=1S/C14H20FN5O2/c1-14(2,3)22-13(21)18-7-6-17-9-10-4-5-12(19-20-16)11(15)8-10/h4-5,8,17H,6-7,9H2,1-3H3,(H,18,21). The number of nitrogens with one attached hydrogen (secondary N) is 2. The van der Waals surface area contributed by atoms with E-state index in [9.17, 15) is 9.18 Å². The highest BCUT2D eigenvalue weighted by Crippen LogP contribution is 2.18. The van der Waals surface area contributed by atoms with Crippen LogP contribution in [0.1, 0.15) is 26.3 Å². The minimum absolute atomic E-state index is 0.0298. The lowest BCUT2D eigenvalue weighted by Crippen LogP contribution is -2.36. The van der Waals surface area contributed by atoms with Crippen molar-refractivity contribution in [2.75, 3.05) is 13.1 Å². The fourth-order valence-corrected chi connectivity index (χ4v) is 1.59. The van der Waals surface area contributed by atoms with Gasteiger partial charge >= 0.3 is 6.09 Å². The number of benzene rings is 1. The molecule has 1 aromatic carbocycles. The molecule has 0 fully saturated rings. The van der Waals surface area contributed by atoms with Gasteiger partial charge in [0.15, 0.2) is 0 Å². The van der Waals surface area contributed by atoms with Gasteiger partial charge in [-0.05, 0) is 44.0 Å². The Hall–Kier alpha value is -2.31. The Bertz CT molecular complexity index is 565. The highest BCUT2D eigenvalue weighted by molar-refractivity contribution is 5.67. The van der Waals surface area contributed by atoms with Crippen LogP contribution in [0.5, 0.6) is 0 Å². The Morgan fingerprint density at radius 2 is 2.14 bits per heavy atom. The summed E-state index contributed by atoms with van der Waals surface area (Å²) in [7, 11) is 0. The summed E-state index contributed by atoms with van der Waals surface area (Å²) in [4.78, 5) is 13.9. The van der Waals surface area contributed by atoms with E-state index >= 15 is 0 Å². The van der Waals surface area contributed by atoms with Gasteiger partial charge in [-0.25, -0.2) is 9.18 Å². The van der Waals surface area contributed by atoms with Crippen LogP contribution < -0.4 is 10.6 Å². The molecule has 0 aliphatic carbocycles. The number of azide groups is 1. The second-order valence-corrected chi connectivity index (χ2v) is 5.58. The molecule has 7 nitrogen and oxygen atoms in total. The van der Waals surface area contributed by atoms with Gasteiger partial charge < -0.3 is 15.4 Å². The fourth-order valence-electron chi connectivity index (χ4n) is 1.59. The number of nitrogens with zero attached hydrogens (tertiary/aromatic N) is 3. The van der Waals surface area contributed by atoms with Crippen LogP contribution in [0.3, 0.4) is 0 Å². The van der Waals surface area contributed by atoms with E-state index in [0.29, 0.717) is 25.2 Å². The number of alkyl carbamates (subject to hydrolysis) is 1. The average molecular weight is 309 g/mol. The fraction of sp³-hybridized carbons (Fsp3) is 0.500. The molecule has 1 rings (SSSR count). The van der Waals surface area contributed by atoms with Gasteiger partial charge in [0.2, 0.25) is 0 Å². The van der Waals surface area contributed by atoms with E-state index in [2.05, 4.69) is 20.7 Å². The third-order valence-electron chi connectivity index (χ3n) is 2.46. The molecule has 8 heteroatoms. The van der Waals surface area contributed by atoms with Crippen LogP contribution in [-0.2, 0) is 11.3 Å². The second-order valence-electron chi connectivity index (χ2n) is 5.58. The maximum absolute atomic E-state index is 13.5. The van der Waals surface area contributed by atoms with Crippen molar-refractivity contribution >= 4 is 11.8 Å². The molecule has 0 radical (unpaired) electrons. The van der Waals surface area contributed by atoms with Crippen LogP contribution in [0.25, 0.3) is 10.4 Å². The molecule has 0 bridgehead atoms. The van der Waals surface area contributed by atoms with E-state index in [1.807, 2.05) is 0 Å². The molecule has 1 aromatic rings. The number of amides is 1. The van der Waals surface area contributed by atoms with Crippen molar-refractivity contribution < 1.29 is 13.9 Å². The van der Waals surface area contributed by atoms with Crippen molar-refractivity contribution in [3.8, 4) is 0 Å². The number of ether oxygens (including phenoxy) is 1. The lowest BCUT2D eigenvalue weighted by Gasteiger charge is -2.19. The minimum atomic E-state index is -0.566. The number of rotatable bonds is 6. The number of hydrogen-bond donors (Lipinski definition) is 2. The molecular weight excluding hydrogens is 289 g/mol. The zero-order chi connectivity index (χ0) is 16.6. The largest absolute Gasteiger partial charge is 0.444 e. The third kappa shape index (κ3) is 6.92. The summed E-state index contributed by atoms with van der Waals surface area (Å²) in [6, 6.07) is 4.39. The van der Waals surface area contributed by atoms with Crippen molar-refractivity contribution in [2.24, 2.45) is 5.11 Å². The van der Waals surface area contributed by atoms with Crippen molar-refractivity contribution in [2.45, 2.75) is 32.9 Å².